The van der Waals surface area contributed by atoms with Gasteiger partial charge >= 0.3 is 0 Å². The molecule has 0 amide bonds. The largest absolute Gasteiger partial charge is 0.342 e. The van der Waals surface area contributed by atoms with Crippen LogP contribution in [0.1, 0.15) is 27.7 Å². The van der Waals surface area contributed by atoms with Crippen LogP contribution < -0.4 is 0 Å². The highest BCUT2D eigenvalue weighted by molar-refractivity contribution is 6.55. The predicted molar refractivity (Wildman–Crippen MR) is 72.3 cm³/mol. The average molecular weight is 325 g/mol. The van der Waals surface area contributed by atoms with Gasteiger partial charge in [0.15, 0.2) is 17.9 Å². The molecule has 7 heteroatoms. The first-order chi connectivity index (χ1) is 9.17. The molecular formula is C13H18Cl2O5. The number of rotatable bonds is 1. The Morgan fingerprint density at radius 3 is 2.05 bits per heavy atom. The minimum atomic E-state index is -0.723. The lowest BCUT2D eigenvalue weighted by molar-refractivity contribution is -0.222. The third kappa shape index (κ3) is 2.73. The lowest BCUT2D eigenvalue weighted by Gasteiger charge is -2.35. The van der Waals surface area contributed by atoms with Crippen LogP contribution in [0.4, 0.5) is 0 Å². The minimum Gasteiger partial charge on any atom is -0.342 e. The van der Waals surface area contributed by atoms with Crippen molar-refractivity contribution in [1.29, 1.82) is 0 Å². The van der Waals surface area contributed by atoms with Gasteiger partial charge in [0.25, 0.3) is 0 Å². The molecule has 3 heterocycles. The molecule has 3 aliphatic rings. The third-order valence-electron chi connectivity index (χ3n) is 3.48. The van der Waals surface area contributed by atoms with Crippen molar-refractivity contribution >= 4 is 23.2 Å². The Labute approximate surface area is 128 Å². The SMILES string of the molecule is CC1(C)O[C@H]2[C@@H](O1)[C@@H](C=C(Cl)Cl)O[C@@H]1OC(C)(C)O[C@@H]12. The molecule has 0 aromatic carbocycles. The van der Waals surface area contributed by atoms with E-state index in [1.165, 1.54) is 0 Å². The summed E-state index contributed by atoms with van der Waals surface area (Å²) in [5.74, 6) is -1.44. The monoisotopic (exact) mass is 324 g/mol. The maximum atomic E-state index is 5.95. The van der Waals surface area contributed by atoms with Crippen LogP contribution in [-0.2, 0) is 23.7 Å². The van der Waals surface area contributed by atoms with Crippen molar-refractivity contribution in [3.63, 3.8) is 0 Å². The van der Waals surface area contributed by atoms with Crippen LogP contribution >= 0.6 is 23.2 Å². The normalized spacial score (nSPS) is 44.8. The topological polar surface area (TPSA) is 46.2 Å². The van der Waals surface area contributed by atoms with E-state index in [4.69, 9.17) is 46.9 Å². The Bertz CT molecular complexity index is 432. The van der Waals surface area contributed by atoms with Gasteiger partial charge in [-0.05, 0) is 33.8 Å². The van der Waals surface area contributed by atoms with Crippen molar-refractivity contribution in [2.75, 3.05) is 0 Å². The molecule has 0 aromatic rings. The second kappa shape index (κ2) is 4.81. The van der Waals surface area contributed by atoms with Crippen molar-refractivity contribution in [3.8, 4) is 0 Å². The first-order valence-electron chi connectivity index (χ1n) is 6.56. The van der Waals surface area contributed by atoms with Crippen molar-refractivity contribution in [1.82, 2.24) is 0 Å². The van der Waals surface area contributed by atoms with Gasteiger partial charge in [-0.25, -0.2) is 0 Å². The lowest BCUT2D eigenvalue weighted by atomic mass is 9.99. The first-order valence-corrected chi connectivity index (χ1v) is 7.32. The van der Waals surface area contributed by atoms with E-state index in [0.717, 1.165) is 0 Å². The zero-order chi connectivity index (χ0) is 14.7. The molecule has 3 fully saturated rings. The Kier molecular flexibility index (Phi) is 3.62. The molecule has 0 saturated carbocycles. The molecule has 5 nitrogen and oxygen atoms in total. The fraction of sp³-hybridized carbons (Fsp3) is 0.846. The predicted octanol–water partition coefficient (Wildman–Crippen LogP) is 2.70. The highest BCUT2D eigenvalue weighted by Gasteiger charge is 2.60. The molecule has 3 saturated heterocycles. The van der Waals surface area contributed by atoms with Gasteiger partial charge in [0.05, 0.1) is 0 Å². The summed E-state index contributed by atoms with van der Waals surface area (Å²) in [4.78, 5) is 0. The van der Waals surface area contributed by atoms with Gasteiger partial charge in [0.2, 0.25) is 0 Å². The van der Waals surface area contributed by atoms with Crippen LogP contribution in [0.15, 0.2) is 10.6 Å². The van der Waals surface area contributed by atoms with E-state index in [-0.39, 0.29) is 22.8 Å². The molecule has 20 heavy (non-hydrogen) atoms. The molecule has 0 aliphatic carbocycles. The number of ether oxygens (including phenoxy) is 5. The van der Waals surface area contributed by atoms with Crippen molar-refractivity contribution < 1.29 is 23.7 Å². The molecule has 3 aliphatic heterocycles. The quantitative estimate of drug-likeness (QED) is 0.742. The Hall–Kier alpha value is 0.120. The fourth-order valence-corrected chi connectivity index (χ4v) is 3.15. The summed E-state index contributed by atoms with van der Waals surface area (Å²) in [6.45, 7) is 7.38. The van der Waals surface area contributed by atoms with Gasteiger partial charge in [-0.15, -0.1) is 0 Å². The molecular weight excluding hydrogens is 307 g/mol. The van der Waals surface area contributed by atoms with E-state index < -0.39 is 24.0 Å². The van der Waals surface area contributed by atoms with E-state index in [1.807, 2.05) is 27.7 Å². The molecule has 0 unspecified atom stereocenters. The number of hydrogen-bond acceptors (Lipinski definition) is 5. The van der Waals surface area contributed by atoms with E-state index in [0.29, 0.717) is 0 Å². The summed E-state index contributed by atoms with van der Waals surface area (Å²) in [5.41, 5.74) is 0. The maximum absolute atomic E-state index is 5.95. The van der Waals surface area contributed by atoms with E-state index in [9.17, 15) is 0 Å². The molecule has 0 radical (unpaired) electrons. The summed E-state index contributed by atoms with van der Waals surface area (Å²) in [6, 6.07) is 0. The van der Waals surface area contributed by atoms with Gasteiger partial charge < -0.3 is 23.7 Å². The van der Waals surface area contributed by atoms with Crippen LogP contribution in [0, 0.1) is 0 Å². The highest BCUT2D eigenvalue weighted by atomic mass is 35.5. The van der Waals surface area contributed by atoms with Crippen LogP contribution in [0.5, 0.6) is 0 Å². The van der Waals surface area contributed by atoms with Crippen LogP contribution in [0.25, 0.3) is 0 Å². The van der Waals surface area contributed by atoms with Crippen molar-refractivity contribution in [2.45, 2.75) is 70.0 Å². The average Bonchev–Trinajstić information content (AvgIpc) is 2.73. The summed E-state index contributed by atoms with van der Waals surface area (Å²) < 4.78 is 29.5. The zero-order valence-corrected chi connectivity index (χ0v) is 13.3. The van der Waals surface area contributed by atoms with E-state index >= 15 is 0 Å². The van der Waals surface area contributed by atoms with Crippen LogP contribution in [0.2, 0.25) is 0 Å². The fourth-order valence-electron chi connectivity index (χ4n) is 2.90. The molecule has 3 rings (SSSR count). The third-order valence-corrected chi connectivity index (χ3v) is 3.73. The van der Waals surface area contributed by atoms with Crippen LogP contribution in [-0.4, -0.2) is 42.3 Å². The summed E-state index contributed by atoms with van der Waals surface area (Å²) in [5, 5.41) is 0. The molecule has 114 valence electrons. The number of hydrogen-bond donors (Lipinski definition) is 0. The van der Waals surface area contributed by atoms with Gasteiger partial charge in [-0.2, -0.15) is 0 Å². The maximum Gasteiger partial charge on any atom is 0.190 e. The Morgan fingerprint density at radius 2 is 1.40 bits per heavy atom. The molecule has 0 bridgehead atoms. The second-order valence-electron chi connectivity index (χ2n) is 6.09. The first kappa shape index (κ1) is 15.0. The van der Waals surface area contributed by atoms with Gasteiger partial charge in [0.1, 0.15) is 28.9 Å². The van der Waals surface area contributed by atoms with Gasteiger partial charge in [-0.1, -0.05) is 23.2 Å². The molecule has 5 atom stereocenters. The van der Waals surface area contributed by atoms with E-state index in [2.05, 4.69) is 0 Å². The smallest absolute Gasteiger partial charge is 0.190 e. The van der Waals surface area contributed by atoms with Crippen molar-refractivity contribution in [3.05, 3.63) is 10.6 Å². The zero-order valence-electron chi connectivity index (χ0n) is 11.8. The highest BCUT2D eigenvalue weighted by Crippen LogP contribution is 2.44. The standard InChI is InChI=1S/C13H18Cl2O5/c1-12(2)17-8-6(5-7(14)15)16-11-10(9(8)18-12)19-13(3,4)20-11/h5-6,8-11H,1-4H3/t6-,8+,9+,10-,11-/m1/s1. The molecule has 0 aromatic heterocycles. The Morgan fingerprint density at radius 1 is 0.850 bits per heavy atom. The molecule has 0 N–H and O–H groups in total. The van der Waals surface area contributed by atoms with Crippen molar-refractivity contribution in [2.24, 2.45) is 0 Å². The summed E-state index contributed by atoms with van der Waals surface area (Å²) in [6.07, 6.45) is -0.342. The second-order valence-corrected chi connectivity index (χ2v) is 7.10. The van der Waals surface area contributed by atoms with Gasteiger partial charge in [0, 0.05) is 0 Å². The molecule has 0 spiro atoms. The van der Waals surface area contributed by atoms with Gasteiger partial charge in [-0.3, -0.25) is 0 Å². The minimum absolute atomic E-state index is 0.124. The Balaban J connectivity index is 1.90. The number of halogens is 2. The summed E-state index contributed by atoms with van der Waals surface area (Å²) >= 11 is 11.5. The number of fused-ring (bicyclic) bond motifs is 3. The summed E-state index contributed by atoms with van der Waals surface area (Å²) in [7, 11) is 0. The van der Waals surface area contributed by atoms with Crippen LogP contribution in [0.3, 0.4) is 0 Å². The lowest BCUT2D eigenvalue weighted by Crippen LogP contribution is -2.54. The van der Waals surface area contributed by atoms with E-state index in [1.54, 1.807) is 6.08 Å².